The monoisotopic (exact) mass is 385 g/mol. The molecule has 0 heterocycles. The highest BCUT2D eigenvalue weighted by molar-refractivity contribution is 7.89. The number of carbonyl (C=O) groups is 1. The van der Waals surface area contributed by atoms with Gasteiger partial charge in [0.05, 0.1) is 11.8 Å². The van der Waals surface area contributed by atoms with Crippen LogP contribution < -0.4 is 5.32 Å². The molecule has 4 nitrogen and oxygen atoms in total. The van der Waals surface area contributed by atoms with E-state index in [1.807, 2.05) is 6.92 Å². The maximum Gasteiger partial charge on any atom is 0.251 e. The molecule has 0 aromatic heterocycles. The maximum absolute atomic E-state index is 12.3. The van der Waals surface area contributed by atoms with Gasteiger partial charge in [-0.25, -0.2) is 8.42 Å². The molecule has 1 amide bonds. The second-order valence-electron chi connectivity index (χ2n) is 5.63. The van der Waals surface area contributed by atoms with Crippen LogP contribution in [0, 0.1) is 0 Å². The molecule has 0 fully saturated rings. The van der Waals surface area contributed by atoms with Crippen LogP contribution >= 0.6 is 23.2 Å². The summed E-state index contributed by atoms with van der Waals surface area (Å²) in [6.45, 7) is 1.82. The highest BCUT2D eigenvalue weighted by Crippen LogP contribution is 2.26. The van der Waals surface area contributed by atoms with Gasteiger partial charge in [-0.05, 0) is 42.3 Å². The van der Waals surface area contributed by atoms with E-state index in [1.54, 1.807) is 42.5 Å². The molecule has 128 valence electrons. The van der Waals surface area contributed by atoms with Crippen molar-refractivity contribution in [3.8, 4) is 0 Å². The summed E-state index contributed by atoms with van der Waals surface area (Å²) in [5.41, 5.74) is 1.86. The Bertz CT molecular complexity index is 849. The van der Waals surface area contributed by atoms with Crippen LogP contribution in [0.4, 0.5) is 0 Å². The zero-order valence-electron chi connectivity index (χ0n) is 13.2. The summed E-state index contributed by atoms with van der Waals surface area (Å²) in [6, 6.07) is 11.3. The predicted octanol–water partition coefficient (Wildman–Crippen LogP) is 4.03. The SMILES string of the molecule is C[C@H](NC(=O)c1ccc(CS(C)(=O)=O)cc1)c1ccc(Cl)cc1Cl. The number of hydrogen-bond donors (Lipinski definition) is 1. The van der Waals surface area contributed by atoms with Crippen LogP contribution in [-0.2, 0) is 15.6 Å². The average molecular weight is 386 g/mol. The number of nitrogens with one attached hydrogen (secondary N) is 1. The third-order valence-corrected chi connectivity index (χ3v) is 4.84. The van der Waals surface area contributed by atoms with Crippen molar-refractivity contribution in [2.75, 3.05) is 6.26 Å². The Balaban J connectivity index is 2.09. The lowest BCUT2D eigenvalue weighted by molar-refractivity contribution is 0.0940. The Hall–Kier alpha value is -1.56. The van der Waals surface area contributed by atoms with Gasteiger partial charge in [0.2, 0.25) is 0 Å². The zero-order valence-corrected chi connectivity index (χ0v) is 15.5. The quantitative estimate of drug-likeness (QED) is 0.844. The van der Waals surface area contributed by atoms with Crippen LogP contribution in [0.5, 0.6) is 0 Å². The summed E-state index contributed by atoms with van der Waals surface area (Å²) in [6.07, 6.45) is 1.17. The molecule has 0 spiro atoms. The smallest absolute Gasteiger partial charge is 0.251 e. The van der Waals surface area contributed by atoms with E-state index in [-0.39, 0.29) is 17.7 Å². The molecular formula is C17H17Cl2NO3S. The summed E-state index contributed by atoms with van der Waals surface area (Å²) in [5.74, 6) is -0.314. The fourth-order valence-electron chi connectivity index (χ4n) is 2.27. The minimum atomic E-state index is -3.10. The van der Waals surface area contributed by atoms with Gasteiger partial charge in [-0.3, -0.25) is 4.79 Å². The molecule has 0 unspecified atom stereocenters. The Labute approximate surface area is 151 Å². The molecule has 2 rings (SSSR count). The highest BCUT2D eigenvalue weighted by Gasteiger charge is 2.14. The van der Waals surface area contributed by atoms with Gasteiger partial charge < -0.3 is 5.32 Å². The van der Waals surface area contributed by atoms with Gasteiger partial charge in [0.15, 0.2) is 9.84 Å². The molecule has 0 saturated heterocycles. The molecule has 0 saturated carbocycles. The Morgan fingerprint density at radius 2 is 1.75 bits per heavy atom. The van der Waals surface area contributed by atoms with Gasteiger partial charge >= 0.3 is 0 Å². The van der Waals surface area contributed by atoms with E-state index in [9.17, 15) is 13.2 Å². The Morgan fingerprint density at radius 3 is 2.29 bits per heavy atom. The summed E-state index contributed by atoms with van der Waals surface area (Å²) < 4.78 is 22.6. The van der Waals surface area contributed by atoms with Crippen molar-refractivity contribution in [1.29, 1.82) is 0 Å². The van der Waals surface area contributed by atoms with E-state index in [1.165, 1.54) is 6.26 Å². The molecule has 1 atom stereocenters. The van der Waals surface area contributed by atoms with Crippen molar-refractivity contribution in [3.05, 3.63) is 69.2 Å². The first kappa shape index (κ1) is 18.8. The number of sulfone groups is 1. The maximum atomic E-state index is 12.3. The van der Waals surface area contributed by atoms with Crippen LogP contribution in [0.15, 0.2) is 42.5 Å². The lowest BCUT2D eigenvalue weighted by atomic mass is 10.1. The summed E-state index contributed by atoms with van der Waals surface area (Å²) in [5, 5.41) is 3.87. The van der Waals surface area contributed by atoms with Crippen molar-refractivity contribution in [3.63, 3.8) is 0 Å². The first-order valence-electron chi connectivity index (χ1n) is 7.18. The second-order valence-corrected chi connectivity index (χ2v) is 8.61. The van der Waals surface area contributed by atoms with Crippen molar-refractivity contribution in [1.82, 2.24) is 5.32 Å². The van der Waals surface area contributed by atoms with Crippen LogP contribution in [0.1, 0.15) is 34.5 Å². The number of carbonyl (C=O) groups excluding carboxylic acids is 1. The lowest BCUT2D eigenvalue weighted by Gasteiger charge is -2.16. The first-order valence-corrected chi connectivity index (χ1v) is 10.00. The highest BCUT2D eigenvalue weighted by atomic mass is 35.5. The molecule has 0 aliphatic heterocycles. The van der Waals surface area contributed by atoms with Crippen LogP contribution in [0.25, 0.3) is 0 Å². The van der Waals surface area contributed by atoms with Gasteiger partial charge in [0.1, 0.15) is 0 Å². The summed E-state index contributed by atoms with van der Waals surface area (Å²) in [7, 11) is -3.10. The Kier molecular flexibility index (Phi) is 5.91. The molecular weight excluding hydrogens is 369 g/mol. The van der Waals surface area contributed by atoms with E-state index in [0.717, 1.165) is 5.56 Å². The zero-order chi connectivity index (χ0) is 17.9. The number of amides is 1. The first-order chi connectivity index (χ1) is 11.2. The van der Waals surface area contributed by atoms with Crippen LogP contribution in [-0.4, -0.2) is 20.6 Å². The summed E-state index contributed by atoms with van der Waals surface area (Å²) >= 11 is 12.0. The van der Waals surface area contributed by atoms with Gasteiger partial charge in [-0.15, -0.1) is 0 Å². The van der Waals surface area contributed by atoms with Gasteiger partial charge in [-0.1, -0.05) is 41.4 Å². The van der Waals surface area contributed by atoms with Crippen molar-refractivity contribution < 1.29 is 13.2 Å². The molecule has 24 heavy (non-hydrogen) atoms. The standard InChI is InChI=1S/C17H17Cl2NO3S/c1-11(15-8-7-14(18)9-16(15)19)20-17(21)13-5-3-12(4-6-13)10-24(2,22)23/h3-9,11H,10H2,1-2H3,(H,20,21)/t11-/m0/s1. The van der Waals surface area contributed by atoms with Gasteiger partial charge in [0, 0.05) is 21.9 Å². The van der Waals surface area contributed by atoms with Crippen molar-refractivity contribution >= 4 is 38.9 Å². The van der Waals surface area contributed by atoms with E-state index in [0.29, 0.717) is 21.2 Å². The lowest BCUT2D eigenvalue weighted by Crippen LogP contribution is -2.26. The average Bonchev–Trinajstić information content (AvgIpc) is 2.45. The minimum Gasteiger partial charge on any atom is -0.345 e. The van der Waals surface area contributed by atoms with Crippen molar-refractivity contribution in [2.24, 2.45) is 0 Å². The number of halogens is 2. The topological polar surface area (TPSA) is 63.2 Å². The fraction of sp³-hybridized carbons (Fsp3) is 0.235. The molecule has 0 aliphatic rings. The number of benzene rings is 2. The van der Waals surface area contributed by atoms with E-state index in [2.05, 4.69) is 5.32 Å². The molecule has 1 N–H and O–H groups in total. The molecule has 2 aromatic carbocycles. The molecule has 2 aromatic rings. The number of hydrogen-bond acceptors (Lipinski definition) is 3. The van der Waals surface area contributed by atoms with Gasteiger partial charge in [0.25, 0.3) is 5.91 Å². The van der Waals surface area contributed by atoms with Crippen molar-refractivity contribution in [2.45, 2.75) is 18.7 Å². The molecule has 0 radical (unpaired) electrons. The predicted molar refractivity (Wildman–Crippen MR) is 97.3 cm³/mol. The van der Waals surface area contributed by atoms with Crippen LogP contribution in [0.3, 0.4) is 0 Å². The largest absolute Gasteiger partial charge is 0.345 e. The molecule has 0 bridgehead atoms. The van der Waals surface area contributed by atoms with E-state index in [4.69, 9.17) is 23.2 Å². The third-order valence-electron chi connectivity index (χ3n) is 3.42. The number of rotatable bonds is 5. The van der Waals surface area contributed by atoms with Gasteiger partial charge in [-0.2, -0.15) is 0 Å². The normalized spacial score (nSPS) is 12.7. The van der Waals surface area contributed by atoms with E-state index >= 15 is 0 Å². The Morgan fingerprint density at radius 1 is 1.12 bits per heavy atom. The minimum absolute atomic E-state index is 0.0499. The molecule has 0 aliphatic carbocycles. The van der Waals surface area contributed by atoms with E-state index < -0.39 is 9.84 Å². The van der Waals surface area contributed by atoms with Crippen LogP contribution in [0.2, 0.25) is 10.0 Å². The summed E-state index contributed by atoms with van der Waals surface area (Å²) in [4.78, 5) is 12.3. The molecule has 7 heteroatoms. The third kappa shape index (κ3) is 5.23. The second kappa shape index (κ2) is 7.55. The fourth-order valence-corrected chi connectivity index (χ4v) is 3.64.